The van der Waals surface area contributed by atoms with Gasteiger partial charge in [0.15, 0.2) is 0 Å². The Bertz CT molecular complexity index is 298. The Morgan fingerprint density at radius 1 is 1.06 bits per heavy atom. The number of aliphatic hydroxyl groups excluding tert-OH is 1. The number of aliphatic hydroxyl groups is 1. The van der Waals surface area contributed by atoms with Gasteiger partial charge in [-0.15, -0.1) is 0 Å². The van der Waals surface area contributed by atoms with Crippen LogP contribution in [-0.4, -0.2) is 18.3 Å². The van der Waals surface area contributed by atoms with E-state index in [0.29, 0.717) is 12.3 Å². The van der Waals surface area contributed by atoms with Crippen molar-refractivity contribution < 1.29 is 9.84 Å². The van der Waals surface area contributed by atoms with Gasteiger partial charge >= 0.3 is 0 Å². The van der Waals surface area contributed by atoms with Crippen LogP contribution >= 0.6 is 0 Å². The molecular formula is C12H18N2O2. The summed E-state index contributed by atoms with van der Waals surface area (Å²) in [5.74, 6) is 0.814. The van der Waals surface area contributed by atoms with Crippen molar-refractivity contribution in [1.29, 1.82) is 5.53 Å². The molecule has 0 aliphatic heterocycles. The largest absolute Gasteiger partial charge is 0.494 e. The standard InChI is InChI=1S/C12H18N2O2/c13-14-11-5-7-12(8-6-11)16-10-4-2-1-3-9-15/h5-8,13,15H,1-4,9-10H2. The Morgan fingerprint density at radius 3 is 2.38 bits per heavy atom. The first-order valence-electron chi connectivity index (χ1n) is 5.58. The molecule has 2 N–H and O–H groups in total. The van der Waals surface area contributed by atoms with Gasteiger partial charge < -0.3 is 9.84 Å². The predicted molar refractivity (Wildman–Crippen MR) is 62.3 cm³/mol. The van der Waals surface area contributed by atoms with Crippen molar-refractivity contribution >= 4 is 5.69 Å². The quantitative estimate of drug-likeness (QED) is 0.523. The van der Waals surface area contributed by atoms with Crippen molar-refractivity contribution in [3.05, 3.63) is 24.3 Å². The van der Waals surface area contributed by atoms with Crippen LogP contribution < -0.4 is 4.74 Å². The maximum atomic E-state index is 8.59. The third-order valence-electron chi connectivity index (χ3n) is 2.29. The van der Waals surface area contributed by atoms with Crippen LogP contribution in [0.4, 0.5) is 5.69 Å². The molecule has 0 spiro atoms. The summed E-state index contributed by atoms with van der Waals surface area (Å²) < 4.78 is 5.52. The van der Waals surface area contributed by atoms with Gasteiger partial charge in [-0.2, -0.15) is 5.11 Å². The highest BCUT2D eigenvalue weighted by Gasteiger charge is 1.94. The van der Waals surface area contributed by atoms with E-state index in [0.717, 1.165) is 31.4 Å². The Morgan fingerprint density at radius 2 is 1.75 bits per heavy atom. The second-order valence-electron chi connectivity index (χ2n) is 3.59. The van der Waals surface area contributed by atoms with Gasteiger partial charge in [-0.1, -0.05) is 6.42 Å². The SMILES string of the molecule is N=Nc1ccc(OCCCCCCO)cc1. The van der Waals surface area contributed by atoms with E-state index in [1.165, 1.54) is 0 Å². The summed E-state index contributed by atoms with van der Waals surface area (Å²) in [6.45, 7) is 0.974. The molecule has 1 aromatic rings. The normalized spacial score (nSPS) is 10.1. The van der Waals surface area contributed by atoms with Crippen LogP contribution in [0.2, 0.25) is 0 Å². The molecule has 0 amide bonds. The number of hydrogen-bond donors (Lipinski definition) is 2. The van der Waals surface area contributed by atoms with E-state index < -0.39 is 0 Å². The van der Waals surface area contributed by atoms with Crippen molar-refractivity contribution in [1.82, 2.24) is 0 Å². The first-order chi connectivity index (χ1) is 7.86. The molecule has 0 aromatic heterocycles. The van der Waals surface area contributed by atoms with Crippen LogP contribution in [0.3, 0.4) is 0 Å². The maximum absolute atomic E-state index is 8.59. The van der Waals surface area contributed by atoms with Crippen LogP contribution in [0.15, 0.2) is 29.4 Å². The lowest BCUT2D eigenvalue weighted by Crippen LogP contribution is -1.97. The molecule has 0 aliphatic carbocycles. The number of nitrogens with zero attached hydrogens (tertiary/aromatic N) is 1. The molecule has 88 valence electrons. The van der Waals surface area contributed by atoms with E-state index in [2.05, 4.69) is 5.11 Å². The fourth-order valence-electron chi connectivity index (χ4n) is 1.37. The predicted octanol–water partition coefficient (Wildman–Crippen LogP) is 3.28. The Labute approximate surface area is 95.8 Å². The summed E-state index contributed by atoms with van der Waals surface area (Å²) in [4.78, 5) is 0. The van der Waals surface area contributed by atoms with Gasteiger partial charge in [0, 0.05) is 6.61 Å². The molecule has 4 nitrogen and oxygen atoms in total. The highest BCUT2D eigenvalue weighted by atomic mass is 16.5. The maximum Gasteiger partial charge on any atom is 0.119 e. The molecule has 0 saturated carbocycles. The Kier molecular flexibility index (Phi) is 6.18. The van der Waals surface area contributed by atoms with Crippen molar-refractivity contribution in [2.24, 2.45) is 5.11 Å². The van der Waals surface area contributed by atoms with E-state index in [4.69, 9.17) is 15.4 Å². The second-order valence-corrected chi connectivity index (χ2v) is 3.59. The highest BCUT2D eigenvalue weighted by molar-refractivity contribution is 5.40. The van der Waals surface area contributed by atoms with E-state index >= 15 is 0 Å². The molecule has 0 aliphatic rings. The fourth-order valence-corrected chi connectivity index (χ4v) is 1.37. The molecule has 1 rings (SSSR count). The molecule has 0 fully saturated rings. The molecular weight excluding hydrogens is 204 g/mol. The number of unbranched alkanes of at least 4 members (excludes halogenated alkanes) is 3. The first-order valence-corrected chi connectivity index (χ1v) is 5.58. The number of rotatable bonds is 8. The minimum atomic E-state index is 0.277. The van der Waals surface area contributed by atoms with Gasteiger partial charge in [0.1, 0.15) is 5.75 Å². The monoisotopic (exact) mass is 222 g/mol. The van der Waals surface area contributed by atoms with Gasteiger partial charge in [0.05, 0.1) is 12.3 Å². The average Bonchev–Trinajstić information content (AvgIpc) is 2.34. The van der Waals surface area contributed by atoms with Crippen LogP contribution in [-0.2, 0) is 0 Å². The molecule has 0 heterocycles. The van der Waals surface area contributed by atoms with Crippen LogP contribution in [0.5, 0.6) is 5.75 Å². The lowest BCUT2D eigenvalue weighted by Gasteiger charge is -2.05. The van der Waals surface area contributed by atoms with Gasteiger partial charge in [-0.05, 0) is 43.5 Å². The minimum Gasteiger partial charge on any atom is -0.494 e. The lowest BCUT2D eigenvalue weighted by molar-refractivity contribution is 0.273. The summed E-state index contributed by atoms with van der Waals surface area (Å²) in [5.41, 5.74) is 7.44. The first kappa shape index (κ1) is 12.6. The number of ether oxygens (including phenoxy) is 1. The second kappa shape index (κ2) is 7.82. The van der Waals surface area contributed by atoms with E-state index in [1.807, 2.05) is 12.1 Å². The summed E-state index contributed by atoms with van der Waals surface area (Å²) in [7, 11) is 0. The summed E-state index contributed by atoms with van der Waals surface area (Å²) >= 11 is 0. The van der Waals surface area contributed by atoms with Crippen molar-refractivity contribution in [3.8, 4) is 5.75 Å². The fraction of sp³-hybridized carbons (Fsp3) is 0.500. The molecule has 0 atom stereocenters. The Hall–Kier alpha value is -1.42. The molecule has 0 radical (unpaired) electrons. The van der Waals surface area contributed by atoms with Gasteiger partial charge in [0.25, 0.3) is 0 Å². The third-order valence-corrected chi connectivity index (χ3v) is 2.29. The van der Waals surface area contributed by atoms with Crippen molar-refractivity contribution in [2.45, 2.75) is 25.7 Å². The lowest BCUT2D eigenvalue weighted by atomic mass is 10.2. The molecule has 4 heteroatoms. The van der Waals surface area contributed by atoms with Gasteiger partial charge in [0.2, 0.25) is 0 Å². The van der Waals surface area contributed by atoms with Gasteiger partial charge in [-0.25, -0.2) is 5.53 Å². The molecule has 1 aromatic carbocycles. The van der Waals surface area contributed by atoms with E-state index in [1.54, 1.807) is 12.1 Å². The van der Waals surface area contributed by atoms with Crippen LogP contribution in [0.25, 0.3) is 0 Å². The topological polar surface area (TPSA) is 65.7 Å². The van der Waals surface area contributed by atoms with Crippen molar-refractivity contribution in [3.63, 3.8) is 0 Å². The van der Waals surface area contributed by atoms with E-state index in [-0.39, 0.29) is 6.61 Å². The van der Waals surface area contributed by atoms with Crippen LogP contribution in [0, 0.1) is 5.53 Å². The number of hydrogen-bond acceptors (Lipinski definition) is 4. The number of benzene rings is 1. The zero-order valence-corrected chi connectivity index (χ0v) is 9.35. The number of nitrogens with one attached hydrogen (secondary N) is 1. The molecule has 0 saturated heterocycles. The summed E-state index contributed by atoms with van der Waals surface area (Å²) in [5, 5.41) is 11.9. The highest BCUT2D eigenvalue weighted by Crippen LogP contribution is 2.17. The minimum absolute atomic E-state index is 0.277. The van der Waals surface area contributed by atoms with E-state index in [9.17, 15) is 0 Å². The molecule has 0 unspecified atom stereocenters. The smallest absolute Gasteiger partial charge is 0.119 e. The molecule has 0 bridgehead atoms. The summed E-state index contributed by atoms with van der Waals surface area (Å²) in [6, 6.07) is 7.16. The average molecular weight is 222 g/mol. The zero-order valence-electron chi connectivity index (χ0n) is 9.35. The third kappa shape index (κ3) is 4.89. The van der Waals surface area contributed by atoms with Crippen molar-refractivity contribution in [2.75, 3.05) is 13.2 Å². The summed E-state index contributed by atoms with van der Waals surface area (Å²) in [6.07, 6.45) is 4.02. The zero-order chi connectivity index (χ0) is 11.6. The Balaban J connectivity index is 2.14. The molecule has 16 heavy (non-hydrogen) atoms. The van der Waals surface area contributed by atoms with Gasteiger partial charge in [-0.3, -0.25) is 0 Å². The van der Waals surface area contributed by atoms with Crippen LogP contribution in [0.1, 0.15) is 25.7 Å².